The average Bonchev–Trinajstić information content (AvgIpc) is 2.74. The third-order valence-electron chi connectivity index (χ3n) is 3.36. The first-order chi connectivity index (χ1) is 10.1. The van der Waals surface area contributed by atoms with Crippen LogP contribution in [0.4, 0.5) is 0 Å². The van der Waals surface area contributed by atoms with Gasteiger partial charge in [0.2, 0.25) is 0 Å². The molecule has 0 saturated carbocycles. The SMILES string of the molecule is O=C1OC(CC(=O)c2ccc3ccccc3c2)C(Cl)=C1Cl. The second-order valence-electron chi connectivity index (χ2n) is 4.75. The van der Waals surface area contributed by atoms with Crippen LogP contribution in [0.1, 0.15) is 16.8 Å². The van der Waals surface area contributed by atoms with Gasteiger partial charge in [-0.05, 0) is 16.8 Å². The lowest BCUT2D eigenvalue weighted by Crippen LogP contribution is -2.15. The number of hydrogen-bond acceptors (Lipinski definition) is 3. The molecule has 0 bridgehead atoms. The highest BCUT2D eigenvalue weighted by Gasteiger charge is 2.33. The predicted molar refractivity (Wildman–Crippen MR) is 81.5 cm³/mol. The highest BCUT2D eigenvalue weighted by atomic mass is 35.5. The molecule has 1 atom stereocenters. The highest BCUT2D eigenvalue weighted by molar-refractivity contribution is 6.48. The number of Topliss-reactive ketones (excluding diaryl/α,β-unsaturated/α-hetero) is 1. The smallest absolute Gasteiger partial charge is 0.351 e. The van der Waals surface area contributed by atoms with Gasteiger partial charge in [0.25, 0.3) is 0 Å². The molecule has 1 heterocycles. The van der Waals surface area contributed by atoms with Crippen LogP contribution in [0.5, 0.6) is 0 Å². The summed E-state index contributed by atoms with van der Waals surface area (Å²) < 4.78 is 4.97. The summed E-state index contributed by atoms with van der Waals surface area (Å²) in [7, 11) is 0. The van der Waals surface area contributed by atoms with Crippen molar-refractivity contribution in [1.82, 2.24) is 0 Å². The number of cyclic esters (lactones) is 1. The molecule has 2 aromatic rings. The van der Waals surface area contributed by atoms with E-state index in [1.54, 1.807) is 6.07 Å². The van der Waals surface area contributed by atoms with Crippen LogP contribution in [-0.2, 0) is 9.53 Å². The van der Waals surface area contributed by atoms with Gasteiger partial charge in [-0.2, -0.15) is 0 Å². The molecule has 0 radical (unpaired) electrons. The van der Waals surface area contributed by atoms with Gasteiger partial charge in [-0.15, -0.1) is 0 Å². The summed E-state index contributed by atoms with van der Waals surface area (Å²) in [4.78, 5) is 23.6. The Balaban J connectivity index is 1.83. The number of fused-ring (bicyclic) bond motifs is 1. The fraction of sp³-hybridized carbons (Fsp3) is 0.125. The van der Waals surface area contributed by atoms with Gasteiger partial charge in [-0.25, -0.2) is 4.79 Å². The number of ether oxygens (including phenoxy) is 1. The molecule has 21 heavy (non-hydrogen) atoms. The van der Waals surface area contributed by atoms with Gasteiger partial charge in [0.1, 0.15) is 11.1 Å². The molecule has 5 heteroatoms. The molecular weight excluding hydrogens is 311 g/mol. The van der Waals surface area contributed by atoms with E-state index in [1.165, 1.54) is 0 Å². The first-order valence-corrected chi connectivity index (χ1v) is 7.10. The molecule has 0 spiro atoms. The maximum Gasteiger partial charge on any atom is 0.351 e. The third-order valence-corrected chi connectivity index (χ3v) is 4.25. The zero-order valence-corrected chi connectivity index (χ0v) is 12.3. The van der Waals surface area contributed by atoms with Crippen LogP contribution in [0.2, 0.25) is 0 Å². The molecule has 0 aliphatic carbocycles. The Labute approximate surface area is 131 Å². The Morgan fingerprint density at radius 2 is 1.81 bits per heavy atom. The molecular formula is C16H10Cl2O3. The van der Waals surface area contributed by atoms with E-state index in [0.717, 1.165) is 10.8 Å². The van der Waals surface area contributed by atoms with Crippen molar-refractivity contribution in [2.24, 2.45) is 0 Å². The molecule has 0 amide bonds. The van der Waals surface area contributed by atoms with Gasteiger partial charge >= 0.3 is 5.97 Å². The molecule has 1 aliphatic rings. The number of esters is 1. The molecule has 0 aromatic heterocycles. The van der Waals surface area contributed by atoms with Crippen LogP contribution in [0.3, 0.4) is 0 Å². The first kappa shape index (κ1) is 14.1. The van der Waals surface area contributed by atoms with Gasteiger partial charge in [-0.3, -0.25) is 4.79 Å². The fourth-order valence-electron chi connectivity index (χ4n) is 2.25. The molecule has 1 aliphatic heterocycles. The first-order valence-electron chi connectivity index (χ1n) is 6.34. The van der Waals surface area contributed by atoms with Crippen LogP contribution < -0.4 is 0 Å². The summed E-state index contributed by atoms with van der Waals surface area (Å²) in [5, 5.41) is 1.98. The van der Waals surface area contributed by atoms with Crippen molar-refractivity contribution < 1.29 is 14.3 Å². The number of halogens is 2. The van der Waals surface area contributed by atoms with E-state index in [-0.39, 0.29) is 22.3 Å². The Morgan fingerprint density at radius 1 is 1.10 bits per heavy atom. The second kappa shape index (κ2) is 5.51. The van der Waals surface area contributed by atoms with Crippen molar-refractivity contribution in [3.05, 3.63) is 58.1 Å². The number of carbonyl (C=O) groups excluding carboxylic acids is 2. The molecule has 3 nitrogen and oxygen atoms in total. The van der Waals surface area contributed by atoms with Gasteiger partial charge < -0.3 is 4.74 Å². The van der Waals surface area contributed by atoms with Crippen LogP contribution in [0, 0.1) is 0 Å². The molecule has 1 unspecified atom stereocenters. The van der Waals surface area contributed by atoms with E-state index in [1.807, 2.05) is 36.4 Å². The van der Waals surface area contributed by atoms with Gasteiger partial charge in [0, 0.05) is 5.56 Å². The largest absolute Gasteiger partial charge is 0.452 e. The Bertz CT molecular complexity index is 780. The number of ketones is 1. The predicted octanol–water partition coefficient (Wildman–Crippen LogP) is 4.03. The van der Waals surface area contributed by atoms with Crippen molar-refractivity contribution in [1.29, 1.82) is 0 Å². The third kappa shape index (κ3) is 2.67. The molecule has 0 N–H and O–H groups in total. The van der Waals surface area contributed by atoms with Gasteiger partial charge in [0.15, 0.2) is 5.78 Å². The number of carbonyl (C=O) groups is 2. The molecule has 106 valence electrons. The van der Waals surface area contributed by atoms with Crippen LogP contribution in [0.25, 0.3) is 10.8 Å². The molecule has 0 saturated heterocycles. The van der Waals surface area contributed by atoms with Crippen LogP contribution >= 0.6 is 23.2 Å². The van der Waals surface area contributed by atoms with Crippen molar-refractivity contribution in [2.75, 3.05) is 0 Å². The number of benzene rings is 2. The summed E-state index contributed by atoms with van der Waals surface area (Å²) >= 11 is 11.6. The monoisotopic (exact) mass is 320 g/mol. The Kier molecular flexibility index (Phi) is 3.70. The maximum atomic E-state index is 12.3. The Morgan fingerprint density at radius 3 is 2.48 bits per heavy atom. The maximum absolute atomic E-state index is 12.3. The van der Waals surface area contributed by atoms with E-state index in [9.17, 15) is 9.59 Å². The lowest BCUT2D eigenvalue weighted by atomic mass is 10.0. The minimum Gasteiger partial charge on any atom is -0.452 e. The van der Waals surface area contributed by atoms with Crippen molar-refractivity contribution in [3.8, 4) is 0 Å². The Hall–Kier alpha value is -1.84. The van der Waals surface area contributed by atoms with Gasteiger partial charge in [-0.1, -0.05) is 59.6 Å². The minimum atomic E-state index is -0.786. The average molecular weight is 321 g/mol. The fourth-order valence-corrected chi connectivity index (χ4v) is 2.62. The summed E-state index contributed by atoms with van der Waals surface area (Å²) in [6.07, 6.45) is -0.801. The van der Waals surface area contributed by atoms with E-state index in [2.05, 4.69) is 0 Å². The summed E-state index contributed by atoms with van der Waals surface area (Å²) in [6.45, 7) is 0. The molecule has 2 aromatic carbocycles. The number of rotatable bonds is 3. The van der Waals surface area contributed by atoms with Crippen molar-refractivity contribution >= 4 is 45.7 Å². The topological polar surface area (TPSA) is 43.4 Å². The molecule has 0 fully saturated rings. The zero-order chi connectivity index (χ0) is 15.0. The second-order valence-corrected chi connectivity index (χ2v) is 5.53. The normalized spacial score (nSPS) is 18.2. The summed E-state index contributed by atoms with van der Waals surface area (Å²) in [5.74, 6) is -0.832. The van der Waals surface area contributed by atoms with E-state index in [4.69, 9.17) is 27.9 Å². The highest BCUT2D eigenvalue weighted by Crippen LogP contribution is 2.31. The van der Waals surface area contributed by atoms with Crippen LogP contribution in [0.15, 0.2) is 52.5 Å². The zero-order valence-electron chi connectivity index (χ0n) is 10.8. The molecule has 3 rings (SSSR count). The minimum absolute atomic E-state index is 0.0147. The summed E-state index contributed by atoms with van der Waals surface area (Å²) in [6, 6.07) is 13.2. The standard InChI is InChI=1S/C16H10Cl2O3/c17-14-13(21-16(20)15(14)18)8-12(19)11-6-5-9-3-1-2-4-10(9)7-11/h1-7,13H,8H2. The van der Waals surface area contributed by atoms with Gasteiger partial charge in [0.05, 0.1) is 11.5 Å². The lowest BCUT2D eigenvalue weighted by molar-refractivity contribution is -0.138. The van der Waals surface area contributed by atoms with Crippen molar-refractivity contribution in [2.45, 2.75) is 12.5 Å². The van der Waals surface area contributed by atoms with E-state index >= 15 is 0 Å². The van der Waals surface area contributed by atoms with Crippen LogP contribution in [-0.4, -0.2) is 17.9 Å². The van der Waals surface area contributed by atoms with E-state index < -0.39 is 12.1 Å². The van der Waals surface area contributed by atoms with E-state index in [0.29, 0.717) is 5.56 Å². The quantitative estimate of drug-likeness (QED) is 0.633. The number of hydrogen-bond donors (Lipinski definition) is 0. The summed E-state index contributed by atoms with van der Waals surface area (Å²) in [5.41, 5.74) is 0.553. The van der Waals surface area contributed by atoms with Crippen molar-refractivity contribution in [3.63, 3.8) is 0 Å². The lowest BCUT2D eigenvalue weighted by Gasteiger charge is -2.09.